The van der Waals surface area contributed by atoms with Crippen molar-refractivity contribution in [3.63, 3.8) is 0 Å². The Labute approximate surface area is 100 Å². The Morgan fingerprint density at radius 2 is 2.18 bits per heavy atom. The molecule has 0 fully saturated rings. The molecule has 96 valence electrons. The first kappa shape index (κ1) is 13.9. The number of rotatable bonds is 6. The molecular weight excluding hydrogens is 225 g/mol. The van der Waals surface area contributed by atoms with E-state index in [0.29, 0.717) is 12.1 Å². The largest absolute Gasteiger partial charge is 0.508 e. The van der Waals surface area contributed by atoms with Crippen LogP contribution in [0.4, 0.5) is 4.39 Å². The third-order valence-electron chi connectivity index (χ3n) is 2.48. The molecule has 4 nitrogen and oxygen atoms in total. The molecule has 0 radical (unpaired) electrons. The Morgan fingerprint density at radius 3 is 2.76 bits per heavy atom. The minimum atomic E-state index is -0.606. The SMILES string of the molecule is COCC(O)CNC(C)c1ccc(F)cc1O. The fraction of sp³-hybridized carbons (Fsp3) is 0.500. The molecule has 5 heteroatoms. The molecule has 0 saturated carbocycles. The number of benzene rings is 1. The lowest BCUT2D eigenvalue weighted by atomic mass is 10.1. The molecule has 0 spiro atoms. The number of ether oxygens (including phenoxy) is 1. The number of aliphatic hydroxyl groups is 1. The number of hydrogen-bond acceptors (Lipinski definition) is 4. The summed E-state index contributed by atoms with van der Waals surface area (Å²) < 4.78 is 17.6. The third-order valence-corrected chi connectivity index (χ3v) is 2.48. The van der Waals surface area contributed by atoms with Gasteiger partial charge in [-0.2, -0.15) is 0 Å². The highest BCUT2D eigenvalue weighted by Gasteiger charge is 2.12. The predicted molar refractivity (Wildman–Crippen MR) is 62.4 cm³/mol. The molecule has 0 heterocycles. The average Bonchev–Trinajstić information content (AvgIpc) is 2.26. The van der Waals surface area contributed by atoms with Crippen LogP contribution < -0.4 is 5.32 Å². The van der Waals surface area contributed by atoms with Crippen LogP contribution in [-0.4, -0.2) is 36.6 Å². The molecule has 1 aromatic rings. The zero-order valence-corrected chi connectivity index (χ0v) is 9.98. The van der Waals surface area contributed by atoms with Gasteiger partial charge in [0.25, 0.3) is 0 Å². The van der Waals surface area contributed by atoms with Gasteiger partial charge in [-0.1, -0.05) is 6.07 Å². The number of phenols is 1. The van der Waals surface area contributed by atoms with Crippen molar-refractivity contribution in [3.05, 3.63) is 29.6 Å². The van der Waals surface area contributed by atoms with Crippen LogP contribution in [-0.2, 0) is 4.74 Å². The number of nitrogens with one attached hydrogen (secondary N) is 1. The number of aromatic hydroxyl groups is 1. The second-order valence-electron chi connectivity index (χ2n) is 3.94. The zero-order valence-electron chi connectivity index (χ0n) is 9.98. The summed E-state index contributed by atoms with van der Waals surface area (Å²) in [6.45, 7) is 2.41. The van der Waals surface area contributed by atoms with E-state index in [-0.39, 0.29) is 18.4 Å². The van der Waals surface area contributed by atoms with Crippen molar-refractivity contribution in [2.24, 2.45) is 0 Å². The van der Waals surface area contributed by atoms with E-state index in [1.807, 2.05) is 6.92 Å². The summed E-state index contributed by atoms with van der Waals surface area (Å²) in [5.74, 6) is -0.566. The Kier molecular flexibility index (Phi) is 5.34. The highest BCUT2D eigenvalue weighted by atomic mass is 19.1. The summed E-state index contributed by atoms with van der Waals surface area (Å²) in [6.07, 6.45) is -0.606. The van der Waals surface area contributed by atoms with Gasteiger partial charge in [0.2, 0.25) is 0 Å². The van der Waals surface area contributed by atoms with Crippen molar-refractivity contribution < 1.29 is 19.3 Å². The molecule has 1 rings (SSSR count). The summed E-state index contributed by atoms with van der Waals surface area (Å²) in [5.41, 5.74) is 0.594. The van der Waals surface area contributed by atoms with E-state index in [1.165, 1.54) is 19.2 Å². The summed E-state index contributed by atoms with van der Waals surface area (Å²) >= 11 is 0. The van der Waals surface area contributed by atoms with Crippen LogP contribution in [0.15, 0.2) is 18.2 Å². The van der Waals surface area contributed by atoms with Crippen LogP contribution in [0.3, 0.4) is 0 Å². The number of halogens is 1. The van der Waals surface area contributed by atoms with Crippen LogP contribution in [0, 0.1) is 5.82 Å². The maximum Gasteiger partial charge on any atom is 0.126 e. The summed E-state index contributed by atoms with van der Waals surface area (Å²) in [7, 11) is 1.51. The fourth-order valence-electron chi connectivity index (χ4n) is 1.56. The standard InChI is InChI=1S/C12H18FNO3/c1-8(14-6-10(15)7-17-2)11-4-3-9(13)5-12(11)16/h3-5,8,10,14-16H,6-7H2,1-2H3. The van der Waals surface area contributed by atoms with E-state index in [4.69, 9.17) is 4.74 Å². The van der Waals surface area contributed by atoms with E-state index in [9.17, 15) is 14.6 Å². The molecule has 0 aliphatic rings. The van der Waals surface area contributed by atoms with E-state index >= 15 is 0 Å². The van der Waals surface area contributed by atoms with E-state index in [0.717, 1.165) is 6.07 Å². The van der Waals surface area contributed by atoms with Crippen LogP contribution in [0.2, 0.25) is 0 Å². The number of phenolic OH excluding ortho intramolecular Hbond substituents is 1. The quantitative estimate of drug-likeness (QED) is 0.702. The zero-order chi connectivity index (χ0) is 12.8. The van der Waals surface area contributed by atoms with Crippen LogP contribution in [0.25, 0.3) is 0 Å². The van der Waals surface area contributed by atoms with Gasteiger partial charge in [-0.25, -0.2) is 4.39 Å². The van der Waals surface area contributed by atoms with Gasteiger partial charge in [-0.05, 0) is 13.0 Å². The Hall–Kier alpha value is -1.17. The lowest BCUT2D eigenvalue weighted by molar-refractivity contribution is 0.0630. The molecule has 1 aromatic carbocycles. The topological polar surface area (TPSA) is 61.7 Å². The van der Waals surface area contributed by atoms with Crippen molar-refractivity contribution in [2.45, 2.75) is 19.1 Å². The van der Waals surface area contributed by atoms with Crippen LogP contribution in [0.1, 0.15) is 18.5 Å². The van der Waals surface area contributed by atoms with E-state index in [2.05, 4.69) is 5.32 Å². The minimum absolute atomic E-state index is 0.0915. The van der Waals surface area contributed by atoms with Gasteiger partial charge in [0.1, 0.15) is 11.6 Å². The van der Waals surface area contributed by atoms with Gasteiger partial charge >= 0.3 is 0 Å². The van der Waals surface area contributed by atoms with Crippen molar-refractivity contribution in [2.75, 3.05) is 20.3 Å². The molecule has 0 saturated heterocycles. The van der Waals surface area contributed by atoms with Gasteiger partial charge in [0.15, 0.2) is 0 Å². The van der Waals surface area contributed by atoms with Crippen molar-refractivity contribution >= 4 is 0 Å². The highest BCUT2D eigenvalue weighted by Crippen LogP contribution is 2.24. The normalized spacial score (nSPS) is 14.6. The Bertz CT molecular complexity index is 360. The van der Waals surface area contributed by atoms with Gasteiger partial charge in [0.05, 0.1) is 12.7 Å². The first-order chi connectivity index (χ1) is 8.04. The summed E-state index contributed by atoms with van der Waals surface area (Å²) in [6, 6.07) is 3.70. The van der Waals surface area contributed by atoms with E-state index in [1.54, 1.807) is 0 Å². The number of aliphatic hydroxyl groups excluding tert-OH is 1. The van der Waals surface area contributed by atoms with Gasteiger partial charge < -0.3 is 20.3 Å². The number of methoxy groups -OCH3 is 1. The molecule has 0 aromatic heterocycles. The maximum absolute atomic E-state index is 12.8. The molecule has 0 amide bonds. The lowest BCUT2D eigenvalue weighted by Crippen LogP contribution is -2.31. The second kappa shape index (κ2) is 6.54. The highest BCUT2D eigenvalue weighted by molar-refractivity contribution is 5.34. The molecule has 0 aliphatic heterocycles. The molecular formula is C12H18FNO3. The molecule has 2 unspecified atom stereocenters. The van der Waals surface area contributed by atoms with Gasteiger partial charge in [-0.3, -0.25) is 0 Å². The average molecular weight is 243 g/mol. The summed E-state index contributed by atoms with van der Waals surface area (Å²) in [5, 5.41) is 22.0. The van der Waals surface area contributed by atoms with E-state index < -0.39 is 11.9 Å². The van der Waals surface area contributed by atoms with Crippen molar-refractivity contribution in [1.82, 2.24) is 5.32 Å². The predicted octanol–water partition coefficient (Wildman–Crippen LogP) is 1.19. The van der Waals surface area contributed by atoms with Crippen molar-refractivity contribution in [1.29, 1.82) is 0 Å². The van der Waals surface area contributed by atoms with Gasteiger partial charge in [-0.15, -0.1) is 0 Å². The lowest BCUT2D eigenvalue weighted by Gasteiger charge is -2.18. The molecule has 0 bridgehead atoms. The third kappa shape index (κ3) is 4.30. The Balaban J connectivity index is 2.54. The molecule has 3 N–H and O–H groups in total. The first-order valence-corrected chi connectivity index (χ1v) is 5.43. The minimum Gasteiger partial charge on any atom is -0.508 e. The smallest absolute Gasteiger partial charge is 0.126 e. The molecule has 0 aliphatic carbocycles. The maximum atomic E-state index is 12.8. The first-order valence-electron chi connectivity index (χ1n) is 5.43. The van der Waals surface area contributed by atoms with Crippen LogP contribution in [0.5, 0.6) is 5.75 Å². The Morgan fingerprint density at radius 1 is 1.47 bits per heavy atom. The summed E-state index contributed by atoms with van der Waals surface area (Å²) in [4.78, 5) is 0. The van der Waals surface area contributed by atoms with Crippen LogP contribution >= 0.6 is 0 Å². The number of hydrogen-bond donors (Lipinski definition) is 3. The van der Waals surface area contributed by atoms with Crippen molar-refractivity contribution in [3.8, 4) is 5.75 Å². The monoisotopic (exact) mass is 243 g/mol. The molecule has 2 atom stereocenters. The molecule has 17 heavy (non-hydrogen) atoms. The fourth-order valence-corrected chi connectivity index (χ4v) is 1.56. The van der Waals surface area contributed by atoms with Gasteiger partial charge in [0, 0.05) is 31.3 Å². The second-order valence-corrected chi connectivity index (χ2v) is 3.94.